The number of carbonyl (C=O) groups is 5. The Morgan fingerprint density at radius 2 is 0.584 bits per heavy atom. The lowest BCUT2D eigenvalue weighted by Gasteiger charge is -2.37. The van der Waals surface area contributed by atoms with Crippen molar-refractivity contribution in [2.45, 2.75) is 261 Å². The zero-order valence-corrected chi connectivity index (χ0v) is 81.2. The standard InChI is InChI=1S/C23H29N3O6.C22H27N3O6.C21H25N3O6.C20H23N3O7.C17H19N3O6/c1-26(16-5-3-2-4-6-16)23(31)14-9-13(19-15(10-14)11-24-25-19)7-8-17-20(28)22(30)21(29)18(12-27)32-17;26-11-17-20(28)21(29)19(27)16(31-17)7-6-12-8-13(9-14-10-23-25-18(12)14)22(30)24-15-4-2-1-3-5-15;25-10-16-19(27)20(28)18(26)15(30-16)6-5-11-7-12(8-13-9-22-24-17(11)13)21(29)23-14-3-1-2-4-14;24-10-15-18(26)19(27)17(25)14(30-15)2-1-11-7-12(8-13-9-21-22-16(11)13)20(28)23-3-5-29-6-4-23;1-18-17(25)9-4-8(13-10(5-9)6-19-20-13)2-3-11-14(22)16(24)15(23)12(7-21)26-11/h9-11,16-18,20-22,27-30H,2-6,12H2,1H3,(H,24,25);8-10,15-17,19-21,26-29H,1-5,11H2,(H,23,25)(H,24,30);7-9,14-16,18-20,25-28H,1-4,10H2,(H,22,24)(H,23,29);7-9,14-15,17-19,24-27H,3-6,10H2,(H,21,22);4-6,11-12,14-16,21-24H,7H2,1H3,(H,18,25)(H,19,20)/t17-,18-,20-,21-,22-;16-,17-,19-,20-,21-;15-,16-,18-,19-,20-;14-,15-,17-,18-,19-;11-,12-,14-,15-,16-/m11111/s1. The number of aromatic nitrogens is 10. The van der Waals surface area contributed by atoms with Crippen LogP contribution in [0.2, 0.25) is 0 Å². The molecule has 0 bridgehead atoms. The zero-order chi connectivity index (χ0) is 106. The highest BCUT2D eigenvalue weighted by Gasteiger charge is 2.48. The third-order valence-corrected chi connectivity index (χ3v) is 27.8. The highest BCUT2D eigenvalue weighted by atomic mass is 16.6. The molecule has 5 aromatic heterocycles. The molecule has 46 heteroatoms. The maximum atomic E-state index is 13.2. The van der Waals surface area contributed by atoms with Crippen molar-refractivity contribution in [3.63, 3.8) is 0 Å². The number of H-pyrrole nitrogens is 5. The predicted octanol–water partition coefficient (Wildman–Crippen LogP) is -4.24. The minimum absolute atomic E-state index is 0.0871. The number of fused-ring (bicyclic) bond motifs is 5. The van der Waals surface area contributed by atoms with Crippen LogP contribution in [-0.4, -0.2) is 437 Å². The van der Waals surface area contributed by atoms with Gasteiger partial charge in [0.05, 0.1) is 133 Å². The molecule has 6 aliphatic heterocycles. The summed E-state index contributed by atoms with van der Waals surface area (Å²) in [6.45, 7) is -0.631. The van der Waals surface area contributed by atoms with Gasteiger partial charge in [-0.15, -0.1) is 0 Å². The lowest BCUT2D eigenvalue weighted by Crippen LogP contribution is -2.58. The van der Waals surface area contributed by atoms with Gasteiger partial charge in [0.2, 0.25) is 0 Å². The van der Waals surface area contributed by atoms with E-state index in [0.29, 0.717) is 126 Å². The first-order valence-corrected chi connectivity index (χ1v) is 49.2. The summed E-state index contributed by atoms with van der Waals surface area (Å²) < 4.78 is 32.4. The van der Waals surface area contributed by atoms with E-state index in [4.69, 9.17) is 28.4 Å². The summed E-state index contributed by atoms with van der Waals surface area (Å²) in [5.41, 5.74) is 7.75. The number of amides is 5. The minimum atomic E-state index is -1.50. The molecule has 25 atom stereocenters. The second-order valence-corrected chi connectivity index (χ2v) is 37.8. The molecule has 5 aromatic carbocycles. The molecule has 5 amide bonds. The topological polar surface area (TPSA) is 731 Å². The number of aliphatic hydroxyl groups is 20. The number of morpholine rings is 1. The molecule has 3 saturated carbocycles. The Hall–Kier alpha value is -12.4. The summed E-state index contributed by atoms with van der Waals surface area (Å²) >= 11 is 0. The molecular weight excluding hydrogens is 1940 g/mol. The Balaban J connectivity index is 0.000000140. The molecule has 3 aliphatic carbocycles. The van der Waals surface area contributed by atoms with Gasteiger partial charge < -0.3 is 156 Å². The molecule has 19 rings (SSSR count). The molecule has 149 heavy (non-hydrogen) atoms. The first-order chi connectivity index (χ1) is 71.8. The molecule has 10 aromatic rings. The quantitative estimate of drug-likeness (QED) is 0.0486. The fraction of sp³-hybridized carbons (Fsp3) is 0.515. The van der Waals surface area contributed by atoms with Gasteiger partial charge in [0.1, 0.15) is 153 Å². The SMILES string of the molecule is CN(C(=O)c1cc(C#C[C@H]2O[C@H](CO)[C@@H](O)[C@H](O)[C@@H]2O)c2[nH]ncc2c1)C1CCCCC1.CNC(=O)c1cc(C#C[C@H]2O[C@H](CO)[C@@H](O)[C@H](O)[C@@H]2O)c2[nH]ncc2c1.O=C(NC1CCCC1)c1cc(C#C[C@H]2O[C@H](CO)[C@@H](O)[C@H](O)[C@@H]2O)c2[nH]ncc2c1.O=C(NC1CCCCC1)c1cc(C#C[C@H]2O[C@H](CO)[C@@H](O)[C@H](O)[C@@H]2O)c2[nH]ncc2c1.O=C(c1cc(C#C[C@H]2O[C@H](CO)[C@@H](O)[C@H](O)[C@@H]2O)c2[nH]ncc2c1)N1CCOCC1. The van der Waals surface area contributed by atoms with Crippen molar-refractivity contribution < 1.29 is 155 Å². The number of rotatable bonds is 13. The molecule has 9 fully saturated rings. The van der Waals surface area contributed by atoms with Crippen LogP contribution < -0.4 is 16.0 Å². The van der Waals surface area contributed by atoms with Gasteiger partial charge in [-0.2, -0.15) is 25.5 Å². The second kappa shape index (κ2) is 50.9. The van der Waals surface area contributed by atoms with Crippen LogP contribution in [0.15, 0.2) is 91.6 Å². The third-order valence-electron chi connectivity index (χ3n) is 27.8. The van der Waals surface area contributed by atoms with E-state index in [2.05, 4.69) is 126 Å². The van der Waals surface area contributed by atoms with Crippen molar-refractivity contribution >= 4 is 84.1 Å². The van der Waals surface area contributed by atoms with Crippen molar-refractivity contribution in [2.24, 2.45) is 0 Å². The van der Waals surface area contributed by atoms with E-state index in [9.17, 15) is 126 Å². The molecule has 9 aliphatic rings. The van der Waals surface area contributed by atoms with E-state index in [1.165, 1.54) is 19.9 Å². The number of benzene rings is 5. The van der Waals surface area contributed by atoms with E-state index >= 15 is 0 Å². The highest BCUT2D eigenvalue weighted by molar-refractivity contribution is 6.03. The average Bonchev–Trinajstić information content (AvgIpc) is 1.74. The molecule has 28 N–H and O–H groups in total. The van der Waals surface area contributed by atoms with E-state index in [1.807, 2.05) is 7.05 Å². The average molecular weight is 2070 g/mol. The van der Waals surface area contributed by atoms with Crippen molar-refractivity contribution in [1.82, 2.24) is 76.7 Å². The van der Waals surface area contributed by atoms with Crippen LogP contribution >= 0.6 is 0 Å². The fourth-order valence-electron chi connectivity index (χ4n) is 19.1. The van der Waals surface area contributed by atoms with Gasteiger partial charge in [0.25, 0.3) is 29.5 Å². The Bertz CT molecular complexity index is 6640. The number of nitrogens with zero attached hydrogens (tertiary/aromatic N) is 7. The first kappa shape index (κ1) is 111. The van der Waals surface area contributed by atoms with Crippen molar-refractivity contribution in [3.05, 3.63) is 147 Å². The van der Waals surface area contributed by atoms with Crippen LogP contribution in [0.4, 0.5) is 0 Å². The Labute approximate surface area is 851 Å². The van der Waals surface area contributed by atoms with Crippen LogP contribution in [0.25, 0.3) is 54.5 Å². The second-order valence-electron chi connectivity index (χ2n) is 37.8. The van der Waals surface area contributed by atoms with Crippen molar-refractivity contribution in [3.8, 4) is 59.2 Å². The number of nitrogens with one attached hydrogen (secondary N) is 8. The van der Waals surface area contributed by atoms with Crippen LogP contribution in [0.1, 0.15) is 169 Å². The largest absolute Gasteiger partial charge is 0.394 e. The van der Waals surface area contributed by atoms with Gasteiger partial charge >= 0.3 is 0 Å². The molecule has 796 valence electrons. The normalized spacial score (nSPS) is 29.1. The third kappa shape index (κ3) is 25.9. The molecule has 0 radical (unpaired) electrons. The Morgan fingerprint density at radius 3 is 0.866 bits per heavy atom. The zero-order valence-electron chi connectivity index (χ0n) is 81.2. The summed E-state index contributed by atoms with van der Waals surface area (Å²) in [5, 5.41) is 243. The van der Waals surface area contributed by atoms with Gasteiger partial charge in [-0.05, 0) is 99.2 Å². The summed E-state index contributed by atoms with van der Waals surface area (Å²) in [4.78, 5) is 67.0. The molecular formula is C103H123N15O31. The van der Waals surface area contributed by atoms with Gasteiger partial charge in [-0.1, -0.05) is 111 Å². The minimum Gasteiger partial charge on any atom is -0.394 e. The van der Waals surface area contributed by atoms with Crippen LogP contribution in [-0.2, 0) is 28.4 Å². The summed E-state index contributed by atoms with van der Waals surface area (Å²) in [6, 6.07) is 17.4. The molecule has 0 spiro atoms. The number of carbonyl (C=O) groups excluding carboxylic acids is 5. The van der Waals surface area contributed by atoms with Gasteiger partial charge in [-0.3, -0.25) is 49.5 Å². The van der Waals surface area contributed by atoms with Crippen LogP contribution in [0.5, 0.6) is 0 Å². The van der Waals surface area contributed by atoms with E-state index < -0.39 is 186 Å². The smallest absolute Gasteiger partial charge is 0.254 e. The molecule has 46 nitrogen and oxygen atoms in total. The lowest BCUT2D eigenvalue weighted by molar-refractivity contribution is -0.214. The lowest BCUT2D eigenvalue weighted by atomic mass is 9.94. The predicted molar refractivity (Wildman–Crippen MR) is 527 cm³/mol. The summed E-state index contributed by atoms with van der Waals surface area (Å²) in [5.74, 6) is 27.2. The monoisotopic (exact) mass is 2070 g/mol. The van der Waals surface area contributed by atoms with Gasteiger partial charge in [0, 0.05) is 100 Å². The first-order valence-electron chi connectivity index (χ1n) is 49.2. The Kier molecular flexibility index (Phi) is 37.8. The van der Waals surface area contributed by atoms with Gasteiger partial charge in [0.15, 0.2) is 0 Å². The van der Waals surface area contributed by atoms with E-state index in [0.717, 1.165) is 87.8 Å². The summed E-state index contributed by atoms with van der Waals surface area (Å²) in [7, 11) is 3.35. The number of ether oxygens (including phenoxy) is 6. The number of aliphatic hydroxyl groups excluding tert-OH is 20. The number of hydrogen-bond donors (Lipinski definition) is 28. The molecule has 0 unspecified atom stereocenters. The number of aromatic amines is 5. The number of hydrogen-bond acceptors (Lipinski definition) is 36. The molecule has 6 saturated heterocycles. The van der Waals surface area contributed by atoms with Crippen molar-refractivity contribution in [2.75, 3.05) is 73.4 Å². The maximum absolute atomic E-state index is 13.2. The van der Waals surface area contributed by atoms with E-state index in [1.54, 1.807) is 101 Å². The fourth-order valence-corrected chi connectivity index (χ4v) is 19.1. The van der Waals surface area contributed by atoms with Crippen LogP contribution in [0, 0.1) is 59.2 Å². The van der Waals surface area contributed by atoms with E-state index in [-0.39, 0.29) is 47.7 Å². The van der Waals surface area contributed by atoms with Gasteiger partial charge in [-0.25, -0.2) is 0 Å². The van der Waals surface area contributed by atoms with Crippen molar-refractivity contribution in [1.29, 1.82) is 0 Å². The maximum Gasteiger partial charge on any atom is 0.254 e. The molecule has 11 heterocycles. The van der Waals surface area contributed by atoms with Crippen LogP contribution in [0.3, 0.4) is 0 Å². The highest BCUT2D eigenvalue weighted by Crippen LogP contribution is 2.33. The Morgan fingerprint density at radius 1 is 0.336 bits per heavy atom. The summed E-state index contributed by atoms with van der Waals surface area (Å²) in [6.07, 6.45) is -9.71.